The molecule has 7 nitrogen and oxygen atoms in total. The zero-order valence-electron chi connectivity index (χ0n) is 18.9. The predicted molar refractivity (Wildman–Crippen MR) is 125 cm³/mol. The number of esters is 1. The van der Waals surface area contributed by atoms with Gasteiger partial charge in [0.25, 0.3) is 5.91 Å². The number of aryl methyl sites for hydroxylation is 2. The molecule has 1 amide bonds. The van der Waals surface area contributed by atoms with Crippen LogP contribution in [0.5, 0.6) is 5.75 Å². The highest BCUT2D eigenvalue weighted by atomic mass is 32.2. The highest BCUT2D eigenvalue weighted by Crippen LogP contribution is 2.26. The Morgan fingerprint density at radius 1 is 1.06 bits per heavy atom. The van der Waals surface area contributed by atoms with Crippen molar-refractivity contribution in [3.05, 3.63) is 70.8 Å². The minimum Gasteiger partial charge on any atom is -0.452 e. The van der Waals surface area contributed by atoms with Gasteiger partial charge in [-0.05, 0) is 75.3 Å². The van der Waals surface area contributed by atoms with Gasteiger partial charge in [0, 0.05) is 6.54 Å². The van der Waals surface area contributed by atoms with E-state index in [1.165, 1.54) is 36.6 Å². The number of para-hydroxylation sites is 1. The zero-order valence-corrected chi connectivity index (χ0v) is 19.7. The van der Waals surface area contributed by atoms with E-state index in [0.29, 0.717) is 12.1 Å². The van der Waals surface area contributed by atoms with Crippen LogP contribution in [-0.2, 0) is 19.6 Å². The molecular formula is C25H29NO6S. The van der Waals surface area contributed by atoms with E-state index in [4.69, 9.17) is 8.92 Å². The second-order valence-corrected chi connectivity index (χ2v) is 9.60. The maximum Gasteiger partial charge on any atom is 0.342 e. The first kappa shape index (κ1) is 24.5. The molecule has 0 heterocycles. The molecule has 0 atom stereocenters. The number of carbonyl (C=O) groups excluding carboxylic acids is 2. The molecule has 2 aromatic rings. The van der Waals surface area contributed by atoms with Gasteiger partial charge in [0.1, 0.15) is 10.5 Å². The second kappa shape index (κ2) is 11.1. The molecule has 1 aliphatic carbocycles. The molecule has 0 saturated carbocycles. The monoisotopic (exact) mass is 471 g/mol. The van der Waals surface area contributed by atoms with Gasteiger partial charge in [-0.1, -0.05) is 35.9 Å². The third-order valence-electron chi connectivity index (χ3n) is 5.41. The number of benzene rings is 2. The Hall–Kier alpha value is -3.13. The summed E-state index contributed by atoms with van der Waals surface area (Å²) in [6, 6.07) is 10.9. The number of allylic oxidation sites excluding steroid dienone is 1. The number of amides is 1. The van der Waals surface area contributed by atoms with Crippen LogP contribution in [0, 0.1) is 13.8 Å². The number of hydrogen-bond donors (Lipinski definition) is 1. The van der Waals surface area contributed by atoms with Crippen molar-refractivity contribution in [1.29, 1.82) is 0 Å². The predicted octanol–water partition coefficient (Wildman–Crippen LogP) is 4.23. The van der Waals surface area contributed by atoms with Crippen molar-refractivity contribution in [2.75, 3.05) is 13.2 Å². The number of nitrogens with one attached hydrogen (secondary N) is 1. The maximum absolute atomic E-state index is 12.8. The summed E-state index contributed by atoms with van der Waals surface area (Å²) in [6.07, 6.45) is 7.54. The maximum atomic E-state index is 12.8. The number of rotatable bonds is 9. The summed E-state index contributed by atoms with van der Waals surface area (Å²) in [5, 5.41) is 2.74. The molecule has 176 valence electrons. The van der Waals surface area contributed by atoms with Gasteiger partial charge in [-0.2, -0.15) is 8.42 Å². The minimum absolute atomic E-state index is 0.0260. The van der Waals surface area contributed by atoms with E-state index in [9.17, 15) is 18.0 Å². The van der Waals surface area contributed by atoms with Gasteiger partial charge in [-0.25, -0.2) is 4.79 Å². The Bertz CT molecular complexity index is 1150. The fraction of sp³-hybridized carbons (Fsp3) is 0.360. The molecule has 0 radical (unpaired) electrons. The molecule has 0 saturated heterocycles. The van der Waals surface area contributed by atoms with Crippen LogP contribution < -0.4 is 9.50 Å². The van der Waals surface area contributed by atoms with Crippen LogP contribution in [0.15, 0.2) is 59.0 Å². The summed E-state index contributed by atoms with van der Waals surface area (Å²) in [4.78, 5) is 24.6. The van der Waals surface area contributed by atoms with Crippen molar-refractivity contribution < 1.29 is 26.9 Å². The lowest BCUT2D eigenvalue weighted by atomic mass is 9.97. The van der Waals surface area contributed by atoms with Crippen LogP contribution in [0.1, 0.15) is 53.6 Å². The zero-order chi connectivity index (χ0) is 23.8. The van der Waals surface area contributed by atoms with E-state index in [-0.39, 0.29) is 16.2 Å². The largest absolute Gasteiger partial charge is 0.452 e. The molecule has 8 heteroatoms. The van der Waals surface area contributed by atoms with Crippen LogP contribution in [0.25, 0.3) is 0 Å². The number of carbonyl (C=O) groups is 2. The number of hydrogen-bond acceptors (Lipinski definition) is 6. The molecule has 3 rings (SSSR count). The highest BCUT2D eigenvalue weighted by Gasteiger charge is 2.23. The first-order valence-corrected chi connectivity index (χ1v) is 12.4. The third kappa shape index (κ3) is 6.92. The first-order valence-electron chi connectivity index (χ1n) is 11.0. The van der Waals surface area contributed by atoms with Crippen molar-refractivity contribution in [3.63, 3.8) is 0 Å². The normalized spacial score (nSPS) is 13.7. The molecule has 0 fully saturated rings. The topological polar surface area (TPSA) is 98.8 Å². The molecule has 0 spiro atoms. The fourth-order valence-corrected chi connectivity index (χ4v) is 4.87. The Morgan fingerprint density at radius 3 is 2.61 bits per heavy atom. The molecule has 2 aromatic carbocycles. The average Bonchev–Trinajstić information content (AvgIpc) is 2.80. The highest BCUT2D eigenvalue weighted by molar-refractivity contribution is 7.87. The molecule has 1 N–H and O–H groups in total. The molecule has 0 unspecified atom stereocenters. The SMILES string of the molecule is Cc1ccc(C)c(S(=O)(=O)Oc2ccccc2C(=O)OCC(=O)NCCC2=CCCCC2)c1. The quantitative estimate of drug-likeness (QED) is 0.334. The van der Waals surface area contributed by atoms with Gasteiger partial charge in [-0.3, -0.25) is 4.79 Å². The molecule has 0 aliphatic heterocycles. The third-order valence-corrected chi connectivity index (χ3v) is 6.78. The summed E-state index contributed by atoms with van der Waals surface area (Å²) in [7, 11) is -4.17. The van der Waals surface area contributed by atoms with E-state index in [0.717, 1.165) is 24.8 Å². The average molecular weight is 472 g/mol. The lowest BCUT2D eigenvalue weighted by Crippen LogP contribution is -2.30. The number of ether oxygens (including phenoxy) is 1. The van der Waals surface area contributed by atoms with E-state index in [1.807, 2.05) is 0 Å². The summed E-state index contributed by atoms with van der Waals surface area (Å²) < 4.78 is 36.0. The van der Waals surface area contributed by atoms with E-state index < -0.39 is 28.6 Å². The molecule has 1 aliphatic rings. The van der Waals surface area contributed by atoms with E-state index in [1.54, 1.807) is 38.1 Å². The van der Waals surface area contributed by atoms with E-state index in [2.05, 4.69) is 11.4 Å². The fourth-order valence-electron chi connectivity index (χ4n) is 3.60. The van der Waals surface area contributed by atoms with Crippen molar-refractivity contribution in [2.45, 2.75) is 50.8 Å². The Morgan fingerprint density at radius 2 is 1.85 bits per heavy atom. The second-order valence-electron chi connectivity index (χ2n) is 8.09. The lowest BCUT2D eigenvalue weighted by molar-refractivity contribution is -0.124. The van der Waals surface area contributed by atoms with Crippen LogP contribution in [0.2, 0.25) is 0 Å². The van der Waals surface area contributed by atoms with Crippen LogP contribution in [-0.4, -0.2) is 33.4 Å². The molecular weight excluding hydrogens is 442 g/mol. The van der Waals surface area contributed by atoms with Crippen molar-refractivity contribution >= 4 is 22.0 Å². The molecule has 0 bridgehead atoms. The first-order chi connectivity index (χ1) is 15.8. The minimum atomic E-state index is -4.17. The van der Waals surface area contributed by atoms with Crippen LogP contribution in [0.3, 0.4) is 0 Å². The summed E-state index contributed by atoms with van der Waals surface area (Å²) >= 11 is 0. The van der Waals surface area contributed by atoms with Crippen molar-refractivity contribution in [3.8, 4) is 5.75 Å². The Kier molecular flexibility index (Phi) is 8.27. The van der Waals surface area contributed by atoms with Gasteiger partial charge in [0.15, 0.2) is 12.4 Å². The molecule has 33 heavy (non-hydrogen) atoms. The Labute approximate surface area is 194 Å². The van der Waals surface area contributed by atoms with Gasteiger partial charge in [-0.15, -0.1) is 0 Å². The van der Waals surface area contributed by atoms with E-state index >= 15 is 0 Å². The lowest BCUT2D eigenvalue weighted by Gasteiger charge is -2.14. The van der Waals surface area contributed by atoms with Crippen molar-refractivity contribution in [2.24, 2.45) is 0 Å². The van der Waals surface area contributed by atoms with Crippen molar-refractivity contribution in [1.82, 2.24) is 5.32 Å². The smallest absolute Gasteiger partial charge is 0.342 e. The summed E-state index contributed by atoms with van der Waals surface area (Å²) in [6.45, 7) is 3.46. The standard InChI is InChI=1S/C25H29NO6S/c1-18-12-13-19(2)23(16-18)33(29,30)32-22-11-7-6-10-21(22)25(28)31-17-24(27)26-15-14-20-8-4-3-5-9-20/h6-8,10-13,16H,3-5,9,14-15,17H2,1-2H3,(H,26,27). The van der Waals surface area contributed by atoms with Gasteiger partial charge in [0.05, 0.1) is 0 Å². The summed E-state index contributed by atoms with van der Waals surface area (Å²) in [5.41, 5.74) is 2.56. The van der Waals surface area contributed by atoms with Crippen LogP contribution in [0.4, 0.5) is 0 Å². The van der Waals surface area contributed by atoms with Gasteiger partial charge < -0.3 is 14.2 Å². The Balaban J connectivity index is 1.60. The van der Waals surface area contributed by atoms with Crippen LogP contribution >= 0.6 is 0 Å². The van der Waals surface area contributed by atoms with Gasteiger partial charge in [0.2, 0.25) is 0 Å². The molecule has 0 aromatic heterocycles. The summed E-state index contributed by atoms with van der Waals surface area (Å²) in [5.74, 6) is -1.42. The van der Waals surface area contributed by atoms with Gasteiger partial charge >= 0.3 is 16.1 Å².